The third-order valence-electron chi connectivity index (χ3n) is 3.28. The highest BCUT2D eigenvalue weighted by molar-refractivity contribution is 7.86. The van der Waals surface area contributed by atoms with E-state index in [2.05, 4.69) is 0 Å². The van der Waals surface area contributed by atoms with Gasteiger partial charge in [-0.3, -0.25) is 9.00 Å². The second-order valence-corrected chi connectivity index (χ2v) is 6.40. The molecule has 0 radical (unpaired) electrons. The van der Waals surface area contributed by atoms with Crippen molar-refractivity contribution in [1.82, 2.24) is 4.90 Å². The van der Waals surface area contributed by atoms with Crippen molar-refractivity contribution in [3.63, 3.8) is 0 Å². The fourth-order valence-electron chi connectivity index (χ4n) is 2.18. The van der Waals surface area contributed by atoms with Gasteiger partial charge in [0.1, 0.15) is 11.1 Å². The minimum Gasteiger partial charge on any atom is -0.398 e. The summed E-state index contributed by atoms with van der Waals surface area (Å²) >= 11 is 0. The Balaban J connectivity index is 2.16. The normalized spacial score (nSPS) is 18.3. The zero-order valence-electron chi connectivity index (χ0n) is 10.8. The molecule has 1 saturated heterocycles. The summed E-state index contributed by atoms with van der Waals surface area (Å²) in [5.41, 5.74) is 5.78. The first kappa shape index (κ1) is 14.0. The highest BCUT2D eigenvalue weighted by Crippen LogP contribution is 2.22. The SMILES string of the molecule is CC(C(=O)N1CCCC1)S(=O)c1ccc(F)cc1N. The van der Waals surface area contributed by atoms with Crippen molar-refractivity contribution in [1.29, 1.82) is 0 Å². The van der Waals surface area contributed by atoms with Crippen LogP contribution in [0.15, 0.2) is 23.1 Å². The molecule has 1 aromatic carbocycles. The van der Waals surface area contributed by atoms with E-state index in [-0.39, 0.29) is 11.6 Å². The van der Waals surface area contributed by atoms with E-state index in [9.17, 15) is 13.4 Å². The van der Waals surface area contributed by atoms with Gasteiger partial charge in [0.2, 0.25) is 5.91 Å². The molecular formula is C13H17FN2O2S. The lowest BCUT2D eigenvalue weighted by atomic mass is 10.3. The summed E-state index contributed by atoms with van der Waals surface area (Å²) in [7, 11) is -1.56. The number of hydrogen-bond acceptors (Lipinski definition) is 3. The molecule has 2 N–H and O–H groups in total. The van der Waals surface area contributed by atoms with Crippen LogP contribution in [0.1, 0.15) is 19.8 Å². The molecule has 1 aliphatic rings. The molecule has 0 saturated carbocycles. The minimum atomic E-state index is -1.56. The van der Waals surface area contributed by atoms with Crippen LogP contribution in [0, 0.1) is 5.82 Å². The molecule has 1 aliphatic heterocycles. The second-order valence-electron chi connectivity index (χ2n) is 4.65. The average molecular weight is 284 g/mol. The molecule has 0 spiro atoms. The van der Waals surface area contributed by atoms with E-state index < -0.39 is 21.9 Å². The Bertz CT molecular complexity index is 515. The Morgan fingerprint density at radius 2 is 2.05 bits per heavy atom. The monoisotopic (exact) mass is 284 g/mol. The lowest BCUT2D eigenvalue weighted by Gasteiger charge is -2.20. The van der Waals surface area contributed by atoms with E-state index in [1.54, 1.807) is 11.8 Å². The number of halogens is 1. The van der Waals surface area contributed by atoms with Crippen LogP contribution in [0.4, 0.5) is 10.1 Å². The lowest BCUT2D eigenvalue weighted by molar-refractivity contribution is -0.129. The van der Waals surface area contributed by atoms with Crippen LogP contribution in [-0.2, 0) is 15.6 Å². The van der Waals surface area contributed by atoms with Crippen molar-refractivity contribution in [3.8, 4) is 0 Å². The molecule has 1 aromatic rings. The molecule has 1 heterocycles. The number of anilines is 1. The van der Waals surface area contributed by atoms with Gasteiger partial charge < -0.3 is 10.6 Å². The molecule has 0 aromatic heterocycles. The van der Waals surface area contributed by atoms with Crippen molar-refractivity contribution in [2.75, 3.05) is 18.8 Å². The number of hydrogen-bond donors (Lipinski definition) is 1. The van der Waals surface area contributed by atoms with Gasteiger partial charge in [-0.25, -0.2) is 4.39 Å². The number of benzene rings is 1. The molecule has 2 unspecified atom stereocenters. The van der Waals surface area contributed by atoms with E-state index in [0.29, 0.717) is 4.90 Å². The predicted molar refractivity (Wildman–Crippen MR) is 72.5 cm³/mol. The van der Waals surface area contributed by atoms with Crippen LogP contribution in [0.3, 0.4) is 0 Å². The molecule has 0 bridgehead atoms. The number of carbonyl (C=O) groups excluding carboxylic acids is 1. The first-order valence-corrected chi connectivity index (χ1v) is 7.46. The van der Waals surface area contributed by atoms with Gasteiger partial charge in [0.25, 0.3) is 0 Å². The Morgan fingerprint density at radius 3 is 2.63 bits per heavy atom. The highest BCUT2D eigenvalue weighted by atomic mass is 32.2. The number of nitrogen functional groups attached to an aromatic ring is 1. The van der Waals surface area contributed by atoms with Gasteiger partial charge in [-0.2, -0.15) is 0 Å². The summed E-state index contributed by atoms with van der Waals surface area (Å²) in [5.74, 6) is -0.601. The Hall–Kier alpha value is -1.43. The topological polar surface area (TPSA) is 63.4 Å². The number of nitrogens with two attached hydrogens (primary N) is 1. The van der Waals surface area contributed by atoms with Crippen molar-refractivity contribution in [2.45, 2.75) is 29.9 Å². The smallest absolute Gasteiger partial charge is 0.238 e. The van der Waals surface area contributed by atoms with Crippen LogP contribution in [0.2, 0.25) is 0 Å². The molecule has 6 heteroatoms. The summed E-state index contributed by atoms with van der Waals surface area (Å²) < 4.78 is 25.3. The minimum absolute atomic E-state index is 0.124. The second kappa shape index (κ2) is 5.69. The molecule has 2 rings (SSSR count). The highest BCUT2D eigenvalue weighted by Gasteiger charge is 2.28. The molecule has 4 nitrogen and oxygen atoms in total. The van der Waals surface area contributed by atoms with Gasteiger partial charge in [0.15, 0.2) is 0 Å². The Labute approximate surface area is 114 Å². The van der Waals surface area contributed by atoms with E-state index >= 15 is 0 Å². The van der Waals surface area contributed by atoms with E-state index in [0.717, 1.165) is 32.0 Å². The maximum absolute atomic E-state index is 13.0. The number of likely N-dealkylation sites (tertiary alicyclic amines) is 1. The van der Waals surface area contributed by atoms with Gasteiger partial charge in [-0.05, 0) is 38.0 Å². The van der Waals surface area contributed by atoms with Gasteiger partial charge >= 0.3 is 0 Å². The van der Waals surface area contributed by atoms with Gasteiger partial charge in [-0.15, -0.1) is 0 Å². The summed E-state index contributed by atoms with van der Waals surface area (Å²) in [6.07, 6.45) is 1.98. The summed E-state index contributed by atoms with van der Waals surface area (Å²) in [4.78, 5) is 14.2. The van der Waals surface area contributed by atoms with Gasteiger partial charge in [-0.1, -0.05) is 0 Å². The van der Waals surface area contributed by atoms with Crippen LogP contribution < -0.4 is 5.73 Å². The lowest BCUT2D eigenvalue weighted by Crippen LogP contribution is -2.37. The van der Waals surface area contributed by atoms with Crippen LogP contribution in [0.5, 0.6) is 0 Å². The van der Waals surface area contributed by atoms with Crippen molar-refractivity contribution in [3.05, 3.63) is 24.0 Å². The van der Waals surface area contributed by atoms with Crippen LogP contribution in [-0.4, -0.2) is 33.4 Å². The Kier molecular flexibility index (Phi) is 4.19. The first-order chi connectivity index (χ1) is 9.00. The summed E-state index contributed by atoms with van der Waals surface area (Å²) in [5, 5.41) is -0.661. The van der Waals surface area contributed by atoms with Gasteiger partial charge in [0.05, 0.1) is 21.4 Å². The number of rotatable bonds is 3. The largest absolute Gasteiger partial charge is 0.398 e. The van der Waals surface area contributed by atoms with E-state index in [4.69, 9.17) is 5.73 Å². The standard InChI is InChI=1S/C13H17FN2O2S/c1-9(13(17)16-6-2-3-7-16)19(18)12-5-4-10(14)8-11(12)15/h4-5,8-9H,2-3,6-7,15H2,1H3. The molecule has 19 heavy (non-hydrogen) atoms. The number of nitrogens with zero attached hydrogens (tertiary/aromatic N) is 1. The van der Waals surface area contributed by atoms with E-state index in [1.807, 2.05) is 0 Å². The summed E-state index contributed by atoms with van der Waals surface area (Å²) in [6, 6.07) is 3.71. The molecule has 1 fully saturated rings. The zero-order valence-corrected chi connectivity index (χ0v) is 11.6. The van der Waals surface area contributed by atoms with E-state index in [1.165, 1.54) is 12.1 Å². The van der Waals surface area contributed by atoms with Crippen LogP contribution in [0.25, 0.3) is 0 Å². The maximum atomic E-state index is 13.0. The third kappa shape index (κ3) is 2.94. The number of carbonyl (C=O) groups is 1. The van der Waals surface area contributed by atoms with Crippen molar-refractivity contribution < 1.29 is 13.4 Å². The fourth-order valence-corrected chi connectivity index (χ4v) is 3.39. The van der Waals surface area contributed by atoms with Crippen LogP contribution >= 0.6 is 0 Å². The quantitative estimate of drug-likeness (QED) is 0.856. The van der Waals surface area contributed by atoms with Crippen molar-refractivity contribution in [2.24, 2.45) is 0 Å². The predicted octanol–water partition coefficient (Wildman–Crippen LogP) is 1.53. The van der Waals surface area contributed by atoms with Gasteiger partial charge in [0, 0.05) is 13.1 Å². The fraction of sp³-hybridized carbons (Fsp3) is 0.462. The first-order valence-electron chi connectivity index (χ1n) is 6.25. The third-order valence-corrected chi connectivity index (χ3v) is 4.92. The molecule has 104 valence electrons. The number of amides is 1. The maximum Gasteiger partial charge on any atom is 0.238 e. The zero-order chi connectivity index (χ0) is 14.0. The summed E-state index contributed by atoms with van der Waals surface area (Å²) in [6.45, 7) is 3.07. The van der Waals surface area contributed by atoms with Crippen molar-refractivity contribution >= 4 is 22.4 Å². The molecule has 0 aliphatic carbocycles. The molecular weight excluding hydrogens is 267 g/mol. The Morgan fingerprint density at radius 1 is 1.42 bits per heavy atom. The average Bonchev–Trinajstić information content (AvgIpc) is 2.90. The molecule has 1 amide bonds. The molecule has 2 atom stereocenters.